The maximum Gasteiger partial charge on any atom is 0.227 e. The lowest BCUT2D eigenvalue weighted by atomic mass is 9.92. The molecule has 0 saturated heterocycles. The van der Waals surface area contributed by atoms with Crippen LogP contribution in [0.2, 0.25) is 5.15 Å². The van der Waals surface area contributed by atoms with Crippen LogP contribution < -0.4 is 5.32 Å². The Balaban J connectivity index is 2.00. The molecule has 2 aromatic heterocycles. The summed E-state index contributed by atoms with van der Waals surface area (Å²) in [5.41, 5.74) is 2.38. The third kappa shape index (κ3) is 3.34. The van der Waals surface area contributed by atoms with E-state index in [1.807, 2.05) is 38.3 Å². The molecule has 0 bridgehead atoms. The van der Waals surface area contributed by atoms with E-state index in [0.717, 1.165) is 29.6 Å². The maximum atomic E-state index is 12.3. The fourth-order valence-corrected chi connectivity index (χ4v) is 2.96. The van der Waals surface area contributed by atoms with Gasteiger partial charge in [-0.2, -0.15) is 0 Å². The quantitative estimate of drug-likeness (QED) is 0.841. The number of carbonyl (C=O) groups is 1. The van der Waals surface area contributed by atoms with Crippen LogP contribution in [0.15, 0.2) is 6.07 Å². The Morgan fingerprint density at radius 2 is 2.09 bits per heavy atom. The van der Waals surface area contributed by atoms with Crippen molar-refractivity contribution in [3.63, 3.8) is 0 Å². The number of amides is 1. The molecular weight excluding hydrogens is 312 g/mol. The van der Waals surface area contributed by atoms with Crippen molar-refractivity contribution in [2.75, 3.05) is 5.32 Å². The molecular formula is C17H23ClN4O. The van der Waals surface area contributed by atoms with E-state index in [4.69, 9.17) is 11.6 Å². The van der Waals surface area contributed by atoms with E-state index >= 15 is 0 Å². The zero-order valence-electron chi connectivity index (χ0n) is 14.1. The molecule has 0 atom stereocenters. The van der Waals surface area contributed by atoms with Crippen LogP contribution in [0.5, 0.6) is 0 Å². The molecule has 0 aromatic carbocycles. The van der Waals surface area contributed by atoms with Crippen molar-refractivity contribution in [3.8, 4) is 0 Å². The number of halogens is 1. The third-order valence-electron chi connectivity index (χ3n) is 4.18. The molecule has 23 heavy (non-hydrogen) atoms. The number of nitrogens with one attached hydrogen (secondary N) is 1. The van der Waals surface area contributed by atoms with E-state index in [-0.39, 0.29) is 11.3 Å². The van der Waals surface area contributed by atoms with Crippen molar-refractivity contribution in [2.24, 2.45) is 5.41 Å². The molecule has 0 radical (unpaired) electrons. The molecule has 0 spiro atoms. The summed E-state index contributed by atoms with van der Waals surface area (Å²) < 4.78 is 2.05. The standard InChI is InChI=1S/C17H23ClN4O/c1-10-8-12-15(21-14(10)18)22(11-6-5-7-11)16(19-12)20-13(23)9-17(2,3)4/h8,11H,5-7,9H2,1-4H3,(H,19,20,23). The van der Waals surface area contributed by atoms with Crippen LogP contribution >= 0.6 is 11.6 Å². The van der Waals surface area contributed by atoms with Gasteiger partial charge in [-0.15, -0.1) is 0 Å². The van der Waals surface area contributed by atoms with Gasteiger partial charge in [0.2, 0.25) is 11.9 Å². The highest BCUT2D eigenvalue weighted by Crippen LogP contribution is 2.37. The number of rotatable bonds is 3. The van der Waals surface area contributed by atoms with Gasteiger partial charge in [-0.05, 0) is 43.2 Å². The first-order valence-electron chi connectivity index (χ1n) is 8.09. The van der Waals surface area contributed by atoms with Crippen molar-refractivity contribution in [3.05, 3.63) is 16.8 Å². The summed E-state index contributed by atoms with van der Waals surface area (Å²) in [4.78, 5) is 21.4. The zero-order valence-corrected chi connectivity index (χ0v) is 14.9. The average Bonchev–Trinajstić information content (AvgIpc) is 2.64. The van der Waals surface area contributed by atoms with Crippen LogP contribution in [-0.2, 0) is 4.79 Å². The van der Waals surface area contributed by atoms with E-state index in [2.05, 4.69) is 15.3 Å². The third-order valence-corrected chi connectivity index (χ3v) is 4.56. The van der Waals surface area contributed by atoms with E-state index in [9.17, 15) is 4.79 Å². The first-order valence-corrected chi connectivity index (χ1v) is 8.47. The minimum Gasteiger partial charge on any atom is -0.296 e. The average molecular weight is 335 g/mol. The number of aryl methyl sites for hydroxylation is 1. The molecule has 3 rings (SSSR count). The number of carbonyl (C=O) groups excluding carboxylic acids is 1. The van der Waals surface area contributed by atoms with Crippen molar-refractivity contribution < 1.29 is 4.79 Å². The predicted molar refractivity (Wildman–Crippen MR) is 92.9 cm³/mol. The van der Waals surface area contributed by atoms with Crippen LogP contribution in [0.4, 0.5) is 5.95 Å². The van der Waals surface area contributed by atoms with Gasteiger partial charge in [0.1, 0.15) is 10.7 Å². The van der Waals surface area contributed by atoms with Gasteiger partial charge in [0, 0.05) is 12.5 Å². The van der Waals surface area contributed by atoms with E-state index in [0.29, 0.717) is 23.6 Å². The Hall–Kier alpha value is -1.62. The monoisotopic (exact) mass is 334 g/mol. The van der Waals surface area contributed by atoms with Gasteiger partial charge in [0.05, 0.1) is 0 Å². The van der Waals surface area contributed by atoms with Gasteiger partial charge in [-0.3, -0.25) is 14.7 Å². The summed E-state index contributed by atoms with van der Waals surface area (Å²) in [6.07, 6.45) is 3.81. The van der Waals surface area contributed by atoms with Gasteiger partial charge in [0.25, 0.3) is 0 Å². The lowest BCUT2D eigenvalue weighted by molar-refractivity contribution is -0.117. The Morgan fingerprint density at radius 1 is 1.39 bits per heavy atom. The highest BCUT2D eigenvalue weighted by molar-refractivity contribution is 6.30. The van der Waals surface area contributed by atoms with E-state index < -0.39 is 0 Å². The van der Waals surface area contributed by atoms with Gasteiger partial charge >= 0.3 is 0 Å². The number of hydrogen-bond donors (Lipinski definition) is 1. The molecule has 124 valence electrons. The molecule has 2 aromatic rings. The Kier molecular flexibility index (Phi) is 4.08. The van der Waals surface area contributed by atoms with Crippen LogP contribution in [0.1, 0.15) is 58.1 Å². The fraction of sp³-hybridized carbons (Fsp3) is 0.588. The minimum atomic E-state index is -0.0600. The topological polar surface area (TPSA) is 59.8 Å². The zero-order chi connectivity index (χ0) is 16.8. The number of aromatic nitrogens is 3. The Labute approximate surface area is 141 Å². The van der Waals surface area contributed by atoms with Crippen molar-refractivity contribution >= 4 is 34.6 Å². The smallest absolute Gasteiger partial charge is 0.227 e. The maximum absolute atomic E-state index is 12.3. The molecule has 0 unspecified atom stereocenters. The van der Waals surface area contributed by atoms with Crippen LogP contribution in [-0.4, -0.2) is 20.4 Å². The molecule has 1 N–H and O–H groups in total. The molecule has 1 amide bonds. The summed E-state index contributed by atoms with van der Waals surface area (Å²) in [7, 11) is 0. The van der Waals surface area contributed by atoms with Gasteiger partial charge in [-0.1, -0.05) is 32.4 Å². The van der Waals surface area contributed by atoms with Crippen LogP contribution in [0.25, 0.3) is 11.2 Å². The lowest BCUT2D eigenvalue weighted by Gasteiger charge is -2.28. The molecule has 0 aliphatic heterocycles. The molecule has 1 aliphatic rings. The van der Waals surface area contributed by atoms with E-state index in [1.54, 1.807) is 0 Å². The molecule has 2 heterocycles. The second kappa shape index (κ2) is 5.78. The SMILES string of the molecule is Cc1cc2nc(NC(=O)CC(C)(C)C)n(C3CCC3)c2nc1Cl. The number of fused-ring (bicyclic) bond motifs is 1. The molecule has 1 fully saturated rings. The number of pyridine rings is 1. The summed E-state index contributed by atoms with van der Waals surface area (Å²) >= 11 is 6.19. The Morgan fingerprint density at radius 3 is 2.65 bits per heavy atom. The van der Waals surface area contributed by atoms with Gasteiger partial charge < -0.3 is 0 Å². The first-order chi connectivity index (χ1) is 10.7. The lowest BCUT2D eigenvalue weighted by Crippen LogP contribution is -2.24. The van der Waals surface area contributed by atoms with Gasteiger partial charge in [0.15, 0.2) is 5.65 Å². The van der Waals surface area contributed by atoms with Crippen molar-refractivity contribution in [2.45, 2.75) is 59.4 Å². The second-order valence-electron chi connectivity index (χ2n) is 7.61. The predicted octanol–water partition coefficient (Wildman–Crippen LogP) is 4.49. The normalized spacial score (nSPS) is 15.7. The second-order valence-corrected chi connectivity index (χ2v) is 7.97. The summed E-state index contributed by atoms with van der Waals surface area (Å²) in [6, 6.07) is 2.27. The highest BCUT2D eigenvalue weighted by atomic mass is 35.5. The number of nitrogens with zero attached hydrogens (tertiary/aromatic N) is 3. The molecule has 1 saturated carbocycles. The highest BCUT2D eigenvalue weighted by Gasteiger charge is 2.27. The minimum absolute atomic E-state index is 0.0174. The number of hydrogen-bond acceptors (Lipinski definition) is 3. The molecule has 1 aliphatic carbocycles. The van der Waals surface area contributed by atoms with Crippen molar-refractivity contribution in [1.82, 2.24) is 14.5 Å². The summed E-state index contributed by atoms with van der Waals surface area (Å²) in [6.45, 7) is 8.06. The van der Waals surface area contributed by atoms with E-state index in [1.165, 1.54) is 6.42 Å². The summed E-state index contributed by atoms with van der Waals surface area (Å²) in [5.74, 6) is 0.573. The van der Waals surface area contributed by atoms with Crippen molar-refractivity contribution in [1.29, 1.82) is 0 Å². The van der Waals surface area contributed by atoms with Gasteiger partial charge in [-0.25, -0.2) is 9.97 Å². The largest absolute Gasteiger partial charge is 0.296 e. The molecule has 5 nitrogen and oxygen atoms in total. The summed E-state index contributed by atoms with van der Waals surface area (Å²) in [5, 5.41) is 3.47. The van der Waals surface area contributed by atoms with Crippen LogP contribution in [0, 0.1) is 12.3 Å². The fourth-order valence-electron chi connectivity index (χ4n) is 2.82. The molecule has 6 heteroatoms. The number of imidazole rings is 1. The van der Waals surface area contributed by atoms with Crippen LogP contribution in [0.3, 0.4) is 0 Å². The number of anilines is 1. The Bertz CT molecular complexity index is 756. The first kappa shape index (κ1) is 16.2.